The highest BCUT2D eigenvalue weighted by Crippen LogP contribution is 2.23. The van der Waals surface area contributed by atoms with E-state index in [9.17, 15) is 4.79 Å². The normalized spacial score (nSPS) is 17.7. The molecule has 3 nitrogen and oxygen atoms in total. The number of aryl methyl sites for hydroxylation is 1. The zero-order valence-electron chi connectivity index (χ0n) is 11.4. The average Bonchev–Trinajstić information content (AvgIpc) is 2.39. The number of benzene rings is 1. The Hall–Kier alpha value is -1.19. The van der Waals surface area contributed by atoms with Crippen molar-refractivity contribution in [3.63, 3.8) is 0 Å². The van der Waals surface area contributed by atoms with Crippen LogP contribution in [-0.2, 0) is 4.74 Å². The number of nitrogens with zero attached hydrogens (tertiary/aromatic N) is 1. The monoisotopic (exact) mass is 247 g/mol. The summed E-state index contributed by atoms with van der Waals surface area (Å²) < 4.78 is 5.35. The summed E-state index contributed by atoms with van der Waals surface area (Å²) in [5.41, 5.74) is 1.41. The lowest BCUT2D eigenvalue weighted by Gasteiger charge is -2.39. The molecule has 0 unspecified atom stereocenters. The van der Waals surface area contributed by atoms with Crippen LogP contribution in [0.3, 0.4) is 0 Å². The Balaban J connectivity index is 2.24. The van der Waals surface area contributed by atoms with Crippen LogP contribution >= 0.6 is 0 Å². The molecule has 1 saturated heterocycles. The second kappa shape index (κ2) is 5.21. The Morgan fingerprint density at radius 3 is 2.44 bits per heavy atom. The molecular formula is C15H21NO2. The first-order valence-electron chi connectivity index (χ1n) is 6.46. The van der Waals surface area contributed by atoms with Crippen molar-refractivity contribution in [3.8, 4) is 0 Å². The number of rotatable bonds is 3. The van der Waals surface area contributed by atoms with Gasteiger partial charge in [0, 0.05) is 18.7 Å². The maximum atomic E-state index is 12.7. The first-order valence-corrected chi connectivity index (χ1v) is 6.46. The van der Waals surface area contributed by atoms with E-state index < -0.39 is 5.54 Å². The van der Waals surface area contributed by atoms with Crippen LogP contribution in [0.5, 0.6) is 0 Å². The van der Waals surface area contributed by atoms with Crippen LogP contribution in [0.1, 0.15) is 29.8 Å². The van der Waals surface area contributed by atoms with E-state index in [1.54, 1.807) is 0 Å². The van der Waals surface area contributed by atoms with Gasteiger partial charge in [-0.25, -0.2) is 0 Å². The number of morpholine rings is 1. The minimum atomic E-state index is -0.462. The lowest BCUT2D eigenvalue weighted by molar-refractivity contribution is -0.00432. The van der Waals surface area contributed by atoms with Crippen molar-refractivity contribution in [3.05, 3.63) is 35.4 Å². The summed E-state index contributed by atoms with van der Waals surface area (Å²) in [6.07, 6.45) is 0. The van der Waals surface area contributed by atoms with Crippen LogP contribution in [0.4, 0.5) is 0 Å². The highest BCUT2D eigenvalue weighted by Gasteiger charge is 2.36. The van der Waals surface area contributed by atoms with E-state index in [0.717, 1.165) is 24.2 Å². The molecule has 1 fully saturated rings. The summed E-state index contributed by atoms with van der Waals surface area (Å²) in [6, 6.07) is 7.80. The van der Waals surface area contributed by atoms with Gasteiger partial charge in [-0.15, -0.1) is 0 Å². The summed E-state index contributed by atoms with van der Waals surface area (Å²) >= 11 is 0. The highest BCUT2D eigenvalue weighted by atomic mass is 16.5. The van der Waals surface area contributed by atoms with Gasteiger partial charge in [-0.1, -0.05) is 24.3 Å². The molecule has 1 aliphatic rings. The van der Waals surface area contributed by atoms with Gasteiger partial charge in [0.25, 0.3) is 0 Å². The molecule has 0 aromatic heterocycles. The van der Waals surface area contributed by atoms with Crippen molar-refractivity contribution < 1.29 is 9.53 Å². The van der Waals surface area contributed by atoms with Crippen molar-refractivity contribution in [1.82, 2.24) is 4.90 Å². The van der Waals surface area contributed by atoms with Gasteiger partial charge < -0.3 is 4.74 Å². The third kappa shape index (κ3) is 2.47. The molecule has 1 aliphatic heterocycles. The summed E-state index contributed by atoms with van der Waals surface area (Å²) in [4.78, 5) is 14.9. The maximum Gasteiger partial charge on any atom is 0.182 e. The Morgan fingerprint density at radius 1 is 1.22 bits per heavy atom. The molecule has 0 saturated carbocycles. The Labute approximate surface area is 109 Å². The summed E-state index contributed by atoms with van der Waals surface area (Å²) in [5.74, 6) is 0.197. The fourth-order valence-corrected chi connectivity index (χ4v) is 2.42. The van der Waals surface area contributed by atoms with Crippen molar-refractivity contribution in [2.45, 2.75) is 26.3 Å². The Kier molecular flexibility index (Phi) is 3.83. The predicted octanol–water partition coefficient (Wildman–Crippen LogP) is 2.29. The van der Waals surface area contributed by atoms with Crippen LogP contribution in [0.2, 0.25) is 0 Å². The van der Waals surface area contributed by atoms with Gasteiger partial charge in [0.05, 0.1) is 18.8 Å². The molecule has 0 aliphatic carbocycles. The molecule has 0 atom stereocenters. The lowest BCUT2D eigenvalue weighted by Crippen LogP contribution is -2.54. The molecule has 3 heteroatoms. The second-order valence-electron chi connectivity index (χ2n) is 5.30. The number of carbonyl (C=O) groups excluding carboxylic acids is 1. The predicted molar refractivity (Wildman–Crippen MR) is 72.0 cm³/mol. The number of hydrogen-bond donors (Lipinski definition) is 0. The third-order valence-corrected chi connectivity index (χ3v) is 3.75. The molecule has 18 heavy (non-hydrogen) atoms. The molecular weight excluding hydrogens is 226 g/mol. The molecule has 2 rings (SSSR count). The van der Waals surface area contributed by atoms with Crippen LogP contribution in [0.15, 0.2) is 24.3 Å². The van der Waals surface area contributed by atoms with E-state index in [0.29, 0.717) is 13.2 Å². The topological polar surface area (TPSA) is 29.5 Å². The fourth-order valence-electron chi connectivity index (χ4n) is 2.42. The zero-order chi connectivity index (χ0) is 13.2. The highest BCUT2D eigenvalue weighted by molar-refractivity contribution is 6.03. The molecule has 1 aromatic rings. The number of ether oxygens (including phenoxy) is 1. The Morgan fingerprint density at radius 2 is 1.83 bits per heavy atom. The van der Waals surface area contributed by atoms with Gasteiger partial charge in [-0.05, 0) is 26.3 Å². The largest absolute Gasteiger partial charge is 0.379 e. The van der Waals surface area contributed by atoms with E-state index in [4.69, 9.17) is 4.74 Å². The zero-order valence-corrected chi connectivity index (χ0v) is 11.4. The van der Waals surface area contributed by atoms with Crippen molar-refractivity contribution in [2.75, 3.05) is 26.3 Å². The average molecular weight is 247 g/mol. The quantitative estimate of drug-likeness (QED) is 0.768. The summed E-state index contributed by atoms with van der Waals surface area (Å²) in [5, 5.41) is 0. The van der Waals surface area contributed by atoms with Crippen LogP contribution in [-0.4, -0.2) is 42.5 Å². The fraction of sp³-hybridized carbons (Fsp3) is 0.533. The third-order valence-electron chi connectivity index (χ3n) is 3.75. The second-order valence-corrected chi connectivity index (χ2v) is 5.30. The van der Waals surface area contributed by atoms with E-state index in [-0.39, 0.29) is 5.78 Å². The Bertz CT molecular complexity index is 434. The van der Waals surface area contributed by atoms with Crippen LogP contribution in [0.25, 0.3) is 0 Å². The lowest BCUT2D eigenvalue weighted by atomic mass is 9.89. The van der Waals surface area contributed by atoms with E-state index in [2.05, 4.69) is 4.90 Å². The summed E-state index contributed by atoms with van der Waals surface area (Å²) in [7, 11) is 0. The first-order chi connectivity index (χ1) is 8.53. The number of carbonyl (C=O) groups is 1. The van der Waals surface area contributed by atoms with Crippen LogP contribution in [0, 0.1) is 6.92 Å². The van der Waals surface area contributed by atoms with Crippen LogP contribution < -0.4 is 0 Å². The van der Waals surface area contributed by atoms with E-state index >= 15 is 0 Å². The molecule has 0 spiro atoms. The molecule has 1 aromatic carbocycles. The first kappa shape index (κ1) is 13.2. The van der Waals surface area contributed by atoms with Gasteiger partial charge in [0.2, 0.25) is 0 Å². The van der Waals surface area contributed by atoms with Gasteiger partial charge >= 0.3 is 0 Å². The number of ketones is 1. The van der Waals surface area contributed by atoms with Crippen molar-refractivity contribution in [2.24, 2.45) is 0 Å². The SMILES string of the molecule is Cc1ccccc1C(=O)C(C)(C)N1CCOCC1. The van der Waals surface area contributed by atoms with Gasteiger partial charge in [-0.2, -0.15) is 0 Å². The number of hydrogen-bond acceptors (Lipinski definition) is 3. The molecule has 0 bridgehead atoms. The minimum Gasteiger partial charge on any atom is -0.379 e. The molecule has 0 amide bonds. The summed E-state index contributed by atoms with van der Waals surface area (Å²) in [6.45, 7) is 9.08. The number of Topliss-reactive ketones (excluding diaryl/α,β-unsaturated/α-hetero) is 1. The van der Waals surface area contributed by atoms with Gasteiger partial charge in [-0.3, -0.25) is 9.69 Å². The maximum absolute atomic E-state index is 12.7. The smallest absolute Gasteiger partial charge is 0.182 e. The van der Waals surface area contributed by atoms with E-state index in [1.807, 2.05) is 45.0 Å². The van der Waals surface area contributed by atoms with Gasteiger partial charge in [0.15, 0.2) is 5.78 Å². The van der Waals surface area contributed by atoms with E-state index in [1.165, 1.54) is 0 Å². The molecule has 1 heterocycles. The van der Waals surface area contributed by atoms with Crippen molar-refractivity contribution >= 4 is 5.78 Å². The standard InChI is InChI=1S/C15H21NO2/c1-12-6-4-5-7-13(12)14(17)15(2,3)16-8-10-18-11-9-16/h4-7H,8-11H2,1-3H3. The molecule has 98 valence electrons. The van der Waals surface area contributed by atoms with Crippen molar-refractivity contribution in [1.29, 1.82) is 0 Å². The molecule has 0 N–H and O–H groups in total. The molecule has 0 radical (unpaired) electrons. The minimum absolute atomic E-state index is 0.197. The van der Waals surface area contributed by atoms with Gasteiger partial charge in [0.1, 0.15) is 0 Å².